The van der Waals surface area contributed by atoms with Crippen LogP contribution in [0.2, 0.25) is 0 Å². The number of carbonyl (C=O) groups is 1. The molecule has 2 aromatic carbocycles. The molecule has 0 spiro atoms. The minimum absolute atomic E-state index is 0.0330. The SMILES string of the molecule is Cc1cc(C(C)(C)C)c(OC(=O)[C@H]2C[C@@H]2c2ccccc2)c(C(C)(C)C)c1. The van der Waals surface area contributed by atoms with Crippen LogP contribution in [0.5, 0.6) is 5.75 Å². The molecule has 2 atom stereocenters. The van der Waals surface area contributed by atoms with Crippen molar-refractivity contribution in [2.45, 2.75) is 71.6 Å². The summed E-state index contributed by atoms with van der Waals surface area (Å²) >= 11 is 0. The van der Waals surface area contributed by atoms with Crippen LogP contribution < -0.4 is 4.74 Å². The summed E-state index contributed by atoms with van der Waals surface area (Å²) in [7, 11) is 0. The predicted molar refractivity (Wildman–Crippen MR) is 112 cm³/mol. The molecule has 1 aliphatic carbocycles. The number of benzene rings is 2. The van der Waals surface area contributed by atoms with E-state index in [-0.39, 0.29) is 22.7 Å². The van der Waals surface area contributed by atoms with E-state index in [0.29, 0.717) is 5.92 Å². The molecule has 0 aliphatic heterocycles. The fourth-order valence-corrected chi connectivity index (χ4v) is 3.70. The molecule has 0 bridgehead atoms. The molecule has 0 saturated heterocycles. The van der Waals surface area contributed by atoms with E-state index < -0.39 is 0 Å². The van der Waals surface area contributed by atoms with Crippen molar-refractivity contribution in [1.29, 1.82) is 0 Å². The summed E-state index contributed by atoms with van der Waals surface area (Å²) in [6.07, 6.45) is 0.879. The van der Waals surface area contributed by atoms with Gasteiger partial charge in [-0.2, -0.15) is 0 Å². The Balaban J connectivity index is 1.93. The number of hydrogen-bond donors (Lipinski definition) is 0. The maximum atomic E-state index is 13.0. The van der Waals surface area contributed by atoms with Crippen molar-refractivity contribution >= 4 is 5.97 Å². The standard InChI is InChI=1S/C25H32O2/c1-16-13-20(24(2,3)4)22(21(14-16)25(5,6)7)27-23(26)19-15-18(19)17-11-9-8-10-12-17/h8-14,18-19H,15H2,1-7H3/t18-,19+/m1/s1. The molecule has 144 valence electrons. The van der Waals surface area contributed by atoms with Crippen molar-refractivity contribution in [2.75, 3.05) is 0 Å². The Bertz CT molecular complexity index is 800. The molecule has 1 aliphatic rings. The van der Waals surface area contributed by atoms with Crippen LogP contribution in [0.1, 0.15) is 76.1 Å². The van der Waals surface area contributed by atoms with Gasteiger partial charge in [0.15, 0.2) is 0 Å². The van der Waals surface area contributed by atoms with Gasteiger partial charge in [0.25, 0.3) is 0 Å². The first-order chi connectivity index (χ1) is 12.5. The average molecular weight is 365 g/mol. The zero-order chi connectivity index (χ0) is 20.0. The van der Waals surface area contributed by atoms with Crippen LogP contribution >= 0.6 is 0 Å². The molecule has 0 radical (unpaired) electrons. The van der Waals surface area contributed by atoms with Crippen LogP contribution in [0.3, 0.4) is 0 Å². The predicted octanol–water partition coefficient (Wildman–Crippen LogP) is 6.30. The number of ether oxygens (including phenoxy) is 1. The van der Waals surface area contributed by atoms with Gasteiger partial charge in [0.2, 0.25) is 0 Å². The highest BCUT2D eigenvalue weighted by Gasteiger charge is 2.46. The van der Waals surface area contributed by atoms with Crippen LogP contribution in [0.4, 0.5) is 0 Å². The van der Waals surface area contributed by atoms with Crippen molar-refractivity contribution in [3.05, 3.63) is 64.7 Å². The first-order valence-electron chi connectivity index (χ1n) is 9.90. The molecule has 2 heteroatoms. The highest BCUT2D eigenvalue weighted by atomic mass is 16.5. The zero-order valence-corrected chi connectivity index (χ0v) is 17.7. The van der Waals surface area contributed by atoms with E-state index in [1.807, 2.05) is 18.2 Å². The van der Waals surface area contributed by atoms with Gasteiger partial charge in [0.1, 0.15) is 5.75 Å². The van der Waals surface area contributed by atoms with Crippen LogP contribution in [-0.4, -0.2) is 5.97 Å². The van der Waals surface area contributed by atoms with E-state index in [1.165, 1.54) is 11.1 Å². The van der Waals surface area contributed by atoms with E-state index in [2.05, 4.69) is 72.7 Å². The van der Waals surface area contributed by atoms with Crippen molar-refractivity contribution in [3.8, 4) is 5.75 Å². The Labute approximate surface area is 164 Å². The third-order valence-electron chi connectivity index (χ3n) is 5.37. The summed E-state index contributed by atoms with van der Waals surface area (Å²) in [6.45, 7) is 15.2. The Morgan fingerprint density at radius 3 is 1.93 bits per heavy atom. The van der Waals surface area contributed by atoms with E-state index in [0.717, 1.165) is 23.3 Å². The average Bonchev–Trinajstić information content (AvgIpc) is 3.35. The monoisotopic (exact) mass is 364 g/mol. The molecule has 1 saturated carbocycles. The third-order valence-corrected chi connectivity index (χ3v) is 5.37. The smallest absolute Gasteiger partial charge is 0.314 e. The van der Waals surface area contributed by atoms with Gasteiger partial charge in [-0.25, -0.2) is 0 Å². The van der Waals surface area contributed by atoms with Crippen molar-refractivity contribution in [3.63, 3.8) is 0 Å². The number of hydrogen-bond acceptors (Lipinski definition) is 2. The van der Waals surface area contributed by atoms with E-state index >= 15 is 0 Å². The van der Waals surface area contributed by atoms with Gasteiger partial charge in [-0.3, -0.25) is 4.79 Å². The summed E-state index contributed by atoms with van der Waals surface area (Å²) in [6, 6.07) is 14.6. The Morgan fingerprint density at radius 1 is 0.926 bits per heavy atom. The second-order valence-corrected chi connectivity index (χ2v) is 9.97. The van der Waals surface area contributed by atoms with E-state index in [1.54, 1.807) is 0 Å². The zero-order valence-electron chi connectivity index (χ0n) is 17.7. The number of rotatable bonds is 3. The molecule has 0 heterocycles. The van der Waals surface area contributed by atoms with Crippen molar-refractivity contribution < 1.29 is 9.53 Å². The maximum Gasteiger partial charge on any atom is 0.314 e. The second-order valence-electron chi connectivity index (χ2n) is 9.97. The summed E-state index contributed by atoms with van der Waals surface area (Å²) < 4.78 is 6.12. The summed E-state index contributed by atoms with van der Waals surface area (Å²) in [5.74, 6) is 0.933. The van der Waals surface area contributed by atoms with E-state index in [4.69, 9.17) is 4.74 Å². The van der Waals surface area contributed by atoms with Gasteiger partial charge in [0.05, 0.1) is 5.92 Å². The molecule has 0 unspecified atom stereocenters. The molecular formula is C25H32O2. The summed E-state index contributed by atoms with van der Waals surface area (Å²) in [5.41, 5.74) is 4.47. The number of aryl methyl sites for hydroxylation is 1. The molecule has 2 nitrogen and oxygen atoms in total. The quantitative estimate of drug-likeness (QED) is 0.472. The lowest BCUT2D eigenvalue weighted by molar-refractivity contribution is -0.136. The Hall–Kier alpha value is -2.09. The highest BCUT2D eigenvalue weighted by molar-refractivity contribution is 5.80. The second kappa shape index (κ2) is 6.82. The molecule has 0 aromatic heterocycles. The maximum absolute atomic E-state index is 13.0. The van der Waals surface area contributed by atoms with Gasteiger partial charge in [0, 0.05) is 11.1 Å². The van der Waals surface area contributed by atoms with Crippen LogP contribution in [0, 0.1) is 12.8 Å². The first kappa shape index (κ1) is 19.7. The van der Waals surface area contributed by atoms with Crippen molar-refractivity contribution in [2.24, 2.45) is 5.92 Å². The largest absolute Gasteiger partial charge is 0.426 e. The minimum Gasteiger partial charge on any atom is -0.426 e. The Morgan fingerprint density at radius 2 is 1.44 bits per heavy atom. The molecular weight excluding hydrogens is 332 g/mol. The van der Waals surface area contributed by atoms with Gasteiger partial charge < -0.3 is 4.74 Å². The molecule has 3 rings (SSSR count). The normalized spacial score (nSPS) is 19.7. The van der Waals surface area contributed by atoms with E-state index in [9.17, 15) is 4.79 Å². The highest BCUT2D eigenvalue weighted by Crippen LogP contribution is 2.49. The van der Waals surface area contributed by atoms with Crippen LogP contribution in [0.15, 0.2) is 42.5 Å². The van der Waals surface area contributed by atoms with Crippen molar-refractivity contribution in [1.82, 2.24) is 0 Å². The fourth-order valence-electron chi connectivity index (χ4n) is 3.70. The molecule has 2 aromatic rings. The lowest BCUT2D eigenvalue weighted by atomic mass is 9.78. The van der Waals surface area contributed by atoms with Gasteiger partial charge in [-0.05, 0) is 35.7 Å². The third kappa shape index (κ3) is 4.26. The Kier molecular flexibility index (Phi) is 4.96. The number of carbonyl (C=O) groups excluding carboxylic acids is 1. The summed E-state index contributed by atoms with van der Waals surface area (Å²) in [4.78, 5) is 13.0. The molecule has 0 N–H and O–H groups in total. The van der Waals surface area contributed by atoms with Crippen LogP contribution in [0.25, 0.3) is 0 Å². The summed E-state index contributed by atoms with van der Waals surface area (Å²) in [5, 5.41) is 0. The lowest BCUT2D eigenvalue weighted by Gasteiger charge is -2.29. The molecule has 0 amide bonds. The van der Waals surface area contributed by atoms with Crippen LogP contribution in [-0.2, 0) is 15.6 Å². The molecule has 1 fully saturated rings. The fraction of sp³-hybridized carbons (Fsp3) is 0.480. The molecule has 27 heavy (non-hydrogen) atoms. The number of esters is 1. The van der Waals surface area contributed by atoms with Gasteiger partial charge >= 0.3 is 5.97 Å². The lowest BCUT2D eigenvalue weighted by Crippen LogP contribution is -2.23. The van der Waals surface area contributed by atoms with Gasteiger partial charge in [-0.1, -0.05) is 89.6 Å². The minimum atomic E-state index is -0.0938. The van der Waals surface area contributed by atoms with Gasteiger partial charge in [-0.15, -0.1) is 0 Å². The first-order valence-corrected chi connectivity index (χ1v) is 9.90. The topological polar surface area (TPSA) is 26.3 Å².